The first kappa shape index (κ1) is 23.5. The Balaban J connectivity index is 1.27. The summed E-state index contributed by atoms with van der Waals surface area (Å²) in [5.74, 6) is 0.666. The van der Waals surface area contributed by atoms with Crippen molar-refractivity contribution >= 4 is 78.9 Å². The lowest BCUT2D eigenvalue weighted by Gasteiger charge is -2.04. The summed E-state index contributed by atoms with van der Waals surface area (Å²) in [6, 6.07) is 12.6. The molecule has 2 N–H and O–H groups in total. The number of amides is 2. The number of halogens is 1. The molecule has 0 atom stereocenters. The first-order valence-corrected chi connectivity index (χ1v) is 13.0. The Morgan fingerprint density at radius 1 is 1.09 bits per heavy atom. The van der Waals surface area contributed by atoms with Gasteiger partial charge >= 0.3 is 0 Å². The van der Waals surface area contributed by atoms with Crippen LogP contribution in [0.4, 0.5) is 10.8 Å². The molecule has 0 aliphatic heterocycles. The molecule has 0 fully saturated rings. The van der Waals surface area contributed by atoms with E-state index >= 15 is 0 Å². The SMILES string of the molecule is CCOc1ccc2nc(NC(=O)Cc3csc(SCC(=O)Nc4ccc(Cl)cc4)n3)sc2c1. The zero-order valence-electron chi connectivity index (χ0n) is 17.5. The fraction of sp³-hybridized carbons (Fsp3) is 0.182. The third kappa shape index (κ3) is 6.67. The van der Waals surface area contributed by atoms with Crippen LogP contribution in [0.3, 0.4) is 0 Å². The first-order chi connectivity index (χ1) is 16.0. The molecular weight excluding hydrogens is 500 g/mol. The number of hydrogen-bond acceptors (Lipinski definition) is 8. The van der Waals surface area contributed by atoms with Gasteiger partial charge < -0.3 is 15.4 Å². The van der Waals surface area contributed by atoms with Crippen LogP contribution in [0.25, 0.3) is 10.2 Å². The van der Waals surface area contributed by atoms with Gasteiger partial charge in [0.05, 0.1) is 34.7 Å². The Morgan fingerprint density at radius 3 is 2.70 bits per heavy atom. The Morgan fingerprint density at radius 2 is 1.91 bits per heavy atom. The van der Waals surface area contributed by atoms with Gasteiger partial charge in [-0.3, -0.25) is 9.59 Å². The predicted octanol–water partition coefficient (Wildman–Crippen LogP) is 5.72. The van der Waals surface area contributed by atoms with Crippen molar-refractivity contribution in [3.8, 4) is 5.75 Å². The molecule has 7 nitrogen and oxygen atoms in total. The summed E-state index contributed by atoms with van der Waals surface area (Å²) >= 11 is 9.98. The number of ether oxygens (including phenoxy) is 1. The molecule has 0 bridgehead atoms. The van der Waals surface area contributed by atoms with Crippen LogP contribution in [-0.4, -0.2) is 34.1 Å². The third-order valence-electron chi connectivity index (χ3n) is 4.24. The molecule has 0 radical (unpaired) electrons. The van der Waals surface area contributed by atoms with Crippen LogP contribution in [0.2, 0.25) is 5.02 Å². The molecule has 11 heteroatoms. The zero-order valence-corrected chi connectivity index (χ0v) is 20.7. The summed E-state index contributed by atoms with van der Waals surface area (Å²) in [6.45, 7) is 2.52. The Kier molecular flexibility index (Phi) is 7.81. The summed E-state index contributed by atoms with van der Waals surface area (Å²) < 4.78 is 7.18. The second-order valence-electron chi connectivity index (χ2n) is 6.76. The number of rotatable bonds is 9. The van der Waals surface area contributed by atoms with Crippen LogP contribution in [0.1, 0.15) is 12.6 Å². The van der Waals surface area contributed by atoms with Gasteiger partial charge in [-0.05, 0) is 49.4 Å². The van der Waals surface area contributed by atoms with E-state index in [4.69, 9.17) is 16.3 Å². The van der Waals surface area contributed by atoms with Crippen molar-refractivity contribution in [2.75, 3.05) is 23.0 Å². The van der Waals surface area contributed by atoms with E-state index in [0.29, 0.717) is 28.1 Å². The number of carbonyl (C=O) groups is 2. The number of anilines is 2. The van der Waals surface area contributed by atoms with Crippen LogP contribution in [0, 0.1) is 0 Å². The van der Waals surface area contributed by atoms with Crippen LogP contribution in [-0.2, 0) is 16.0 Å². The summed E-state index contributed by atoms with van der Waals surface area (Å²) in [6.07, 6.45) is 0.133. The molecule has 2 heterocycles. The second-order valence-corrected chi connectivity index (χ2v) is 10.3. The van der Waals surface area contributed by atoms with Gasteiger partial charge in [-0.2, -0.15) is 0 Å². The smallest absolute Gasteiger partial charge is 0.234 e. The fourth-order valence-corrected chi connectivity index (χ4v) is 5.52. The highest BCUT2D eigenvalue weighted by Crippen LogP contribution is 2.29. The maximum Gasteiger partial charge on any atom is 0.234 e. The van der Waals surface area contributed by atoms with E-state index in [1.807, 2.05) is 30.5 Å². The molecule has 2 aromatic carbocycles. The van der Waals surface area contributed by atoms with E-state index in [0.717, 1.165) is 20.3 Å². The average Bonchev–Trinajstić information content (AvgIpc) is 3.40. The van der Waals surface area contributed by atoms with Gasteiger partial charge in [-0.15, -0.1) is 11.3 Å². The highest BCUT2D eigenvalue weighted by molar-refractivity contribution is 8.01. The van der Waals surface area contributed by atoms with Crippen molar-refractivity contribution in [2.24, 2.45) is 0 Å². The predicted molar refractivity (Wildman–Crippen MR) is 136 cm³/mol. The van der Waals surface area contributed by atoms with E-state index in [9.17, 15) is 9.59 Å². The molecule has 0 aliphatic rings. The van der Waals surface area contributed by atoms with Crippen molar-refractivity contribution < 1.29 is 14.3 Å². The molecular formula is C22H19ClN4O3S3. The summed E-state index contributed by atoms with van der Waals surface area (Å²) in [7, 11) is 0. The molecule has 33 heavy (non-hydrogen) atoms. The molecule has 0 saturated heterocycles. The number of carbonyl (C=O) groups excluding carboxylic acids is 2. The molecule has 0 aliphatic carbocycles. The first-order valence-electron chi connectivity index (χ1n) is 9.94. The average molecular weight is 519 g/mol. The molecule has 4 aromatic rings. The van der Waals surface area contributed by atoms with Crippen LogP contribution in [0.5, 0.6) is 5.75 Å². The van der Waals surface area contributed by atoms with Gasteiger partial charge in [0.15, 0.2) is 9.47 Å². The van der Waals surface area contributed by atoms with Crippen molar-refractivity contribution in [1.29, 1.82) is 0 Å². The number of aromatic nitrogens is 2. The number of thiazole rings is 2. The van der Waals surface area contributed by atoms with E-state index in [1.165, 1.54) is 34.4 Å². The molecule has 4 rings (SSSR count). The molecule has 2 aromatic heterocycles. The minimum absolute atomic E-state index is 0.133. The quantitative estimate of drug-likeness (QED) is 0.275. The topological polar surface area (TPSA) is 93.2 Å². The number of nitrogens with zero attached hydrogens (tertiary/aromatic N) is 2. The normalized spacial score (nSPS) is 10.8. The maximum absolute atomic E-state index is 12.4. The van der Waals surface area contributed by atoms with Crippen LogP contribution < -0.4 is 15.4 Å². The lowest BCUT2D eigenvalue weighted by atomic mass is 10.3. The fourth-order valence-electron chi connectivity index (χ4n) is 2.84. The van der Waals surface area contributed by atoms with Gasteiger partial charge in [-0.25, -0.2) is 9.97 Å². The number of benzene rings is 2. The molecule has 2 amide bonds. The van der Waals surface area contributed by atoms with Gasteiger partial charge in [0.2, 0.25) is 11.8 Å². The van der Waals surface area contributed by atoms with E-state index < -0.39 is 0 Å². The lowest BCUT2D eigenvalue weighted by Crippen LogP contribution is -2.14. The van der Waals surface area contributed by atoms with Gasteiger partial charge in [0.25, 0.3) is 0 Å². The van der Waals surface area contributed by atoms with Crippen molar-refractivity contribution in [1.82, 2.24) is 9.97 Å². The molecule has 0 spiro atoms. The summed E-state index contributed by atoms with van der Waals surface area (Å²) in [4.78, 5) is 33.5. The van der Waals surface area contributed by atoms with E-state index in [1.54, 1.807) is 24.3 Å². The minimum Gasteiger partial charge on any atom is -0.494 e. The Bertz CT molecular complexity index is 1270. The Labute approximate surface area is 207 Å². The maximum atomic E-state index is 12.4. The number of fused-ring (bicyclic) bond motifs is 1. The largest absolute Gasteiger partial charge is 0.494 e. The molecule has 0 unspecified atom stereocenters. The summed E-state index contributed by atoms with van der Waals surface area (Å²) in [5, 5.41) is 8.61. The van der Waals surface area contributed by atoms with E-state index in [2.05, 4.69) is 20.6 Å². The van der Waals surface area contributed by atoms with Crippen LogP contribution in [0.15, 0.2) is 52.2 Å². The lowest BCUT2D eigenvalue weighted by molar-refractivity contribution is -0.116. The zero-order chi connectivity index (χ0) is 23.2. The summed E-state index contributed by atoms with van der Waals surface area (Å²) in [5.41, 5.74) is 2.14. The van der Waals surface area contributed by atoms with Crippen molar-refractivity contribution in [3.63, 3.8) is 0 Å². The number of thioether (sulfide) groups is 1. The number of nitrogens with one attached hydrogen (secondary N) is 2. The molecule has 0 saturated carbocycles. The van der Waals surface area contributed by atoms with Crippen molar-refractivity contribution in [2.45, 2.75) is 17.7 Å². The minimum atomic E-state index is -0.193. The standard InChI is InChI=1S/C22H19ClN4O3S3/c1-2-30-16-7-8-17-18(10-16)33-21(26-17)27-19(28)9-15-11-31-22(25-15)32-12-20(29)24-14-5-3-13(23)4-6-14/h3-8,10-11H,2,9,12H2,1H3,(H,24,29)(H,26,27,28). The van der Waals surface area contributed by atoms with E-state index in [-0.39, 0.29) is 24.0 Å². The van der Waals surface area contributed by atoms with Gasteiger partial charge in [0, 0.05) is 16.1 Å². The molecule has 170 valence electrons. The van der Waals surface area contributed by atoms with Gasteiger partial charge in [-0.1, -0.05) is 34.7 Å². The Hall–Kier alpha value is -2.66. The number of hydrogen-bond donors (Lipinski definition) is 2. The highest BCUT2D eigenvalue weighted by Gasteiger charge is 2.13. The monoisotopic (exact) mass is 518 g/mol. The highest BCUT2D eigenvalue weighted by atomic mass is 35.5. The van der Waals surface area contributed by atoms with Crippen LogP contribution >= 0.6 is 46.0 Å². The second kappa shape index (κ2) is 11.0. The van der Waals surface area contributed by atoms with Gasteiger partial charge in [0.1, 0.15) is 5.75 Å². The third-order valence-corrected chi connectivity index (χ3v) is 7.50. The van der Waals surface area contributed by atoms with Crippen molar-refractivity contribution in [3.05, 3.63) is 58.6 Å².